The lowest BCUT2D eigenvalue weighted by atomic mass is 10.2. The molecule has 0 fully saturated rings. The van der Waals surface area contributed by atoms with Gasteiger partial charge < -0.3 is 4.57 Å². The third kappa shape index (κ3) is 2.46. The van der Waals surface area contributed by atoms with Crippen molar-refractivity contribution in [2.75, 3.05) is 0 Å². The van der Waals surface area contributed by atoms with Gasteiger partial charge in [0.2, 0.25) is 4.80 Å². The van der Waals surface area contributed by atoms with E-state index in [1.807, 2.05) is 41.9 Å². The van der Waals surface area contributed by atoms with Crippen molar-refractivity contribution in [2.24, 2.45) is 17.3 Å². The molecule has 1 heterocycles. The minimum atomic E-state index is 0.907. The predicted molar refractivity (Wildman–Crippen MR) is 67.6 cm³/mol. The first-order valence-electron chi connectivity index (χ1n) is 5.00. The first-order valence-corrected chi connectivity index (χ1v) is 5.88. The van der Waals surface area contributed by atoms with Crippen LogP contribution in [0.3, 0.4) is 0 Å². The lowest BCUT2D eigenvalue weighted by Crippen LogP contribution is -2.10. The number of nitrogens with zero attached hydrogens (tertiary/aromatic N) is 3. The van der Waals surface area contributed by atoms with Crippen LogP contribution >= 0.6 is 11.3 Å². The highest BCUT2D eigenvalue weighted by Gasteiger charge is 1.93. The van der Waals surface area contributed by atoms with E-state index in [1.54, 1.807) is 17.6 Å². The second-order valence-electron chi connectivity index (χ2n) is 3.47. The van der Waals surface area contributed by atoms with E-state index in [-0.39, 0.29) is 0 Å². The minimum Gasteiger partial charge on any atom is -0.323 e. The van der Waals surface area contributed by atoms with E-state index in [0.717, 1.165) is 10.4 Å². The van der Waals surface area contributed by atoms with Crippen molar-refractivity contribution in [3.05, 3.63) is 51.8 Å². The summed E-state index contributed by atoms with van der Waals surface area (Å²) in [6, 6.07) is 9.95. The molecule has 0 bridgehead atoms. The van der Waals surface area contributed by atoms with Gasteiger partial charge in [0, 0.05) is 18.1 Å². The van der Waals surface area contributed by atoms with E-state index in [4.69, 9.17) is 0 Å². The molecule has 16 heavy (non-hydrogen) atoms. The molecule has 1 aromatic heterocycles. The van der Waals surface area contributed by atoms with Crippen molar-refractivity contribution in [2.45, 2.75) is 6.92 Å². The molecule has 0 N–H and O–H groups in total. The van der Waals surface area contributed by atoms with Gasteiger partial charge in [-0.05, 0) is 12.5 Å². The fourth-order valence-corrected chi connectivity index (χ4v) is 2.05. The van der Waals surface area contributed by atoms with Crippen LogP contribution in [-0.2, 0) is 7.05 Å². The second-order valence-corrected chi connectivity index (χ2v) is 4.31. The molecule has 0 unspecified atom stereocenters. The molecule has 0 amide bonds. The SMILES string of the molecule is Cc1csc(=NN=Cc2ccccc2)n1C. The Balaban J connectivity index is 2.21. The maximum Gasteiger partial charge on any atom is 0.210 e. The van der Waals surface area contributed by atoms with Gasteiger partial charge in [-0.25, -0.2) is 0 Å². The van der Waals surface area contributed by atoms with Crippen LogP contribution in [0.5, 0.6) is 0 Å². The van der Waals surface area contributed by atoms with Gasteiger partial charge in [0.25, 0.3) is 0 Å². The van der Waals surface area contributed by atoms with Crippen LogP contribution in [0.1, 0.15) is 11.3 Å². The van der Waals surface area contributed by atoms with Gasteiger partial charge in [-0.15, -0.1) is 16.4 Å². The van der Waals surface area contributed by atoms with Gasteiger partial charge in [0.15, 0.2) is 0 Å². The number of hydrogen-bond acceptors (Lipinski definition) is 3. The summed E-state index contributed by atoms with van der Waals surface area (Å²) < 4.78 is 2.02. The topological polar surface area (TPSA) is 29.6 Å². The molecule has 0 atom stereocenters. The lowest BCUT2D eigenvalue weighted by Gasteiger charge is -1.91. The first kappa shape index (κ1) is 10.8. The highest BCUT2D eigenvalue weighted by Crippen LogP contribution is 1.97. The average Bonchev–Trinajstić information content (AvgIpc) is 2.62. The summed E-state index contributed by atoms with van der Waals surface area (Å²) in [6.45, 7) is 2.05. The molecule has 0 aliphatic carbocycles. The zero-order chi connectivity index (χ0) is 11.4. The van der Waals surface area contributed by atoms with Crippen LogP contribution in [0, 0.1) is 6.92 Å². The standard InChI is InChI=1S/C12H13N3S/c1-10-9-16-12(15(10)2)14-13-8-11-6-4-3-5-7-11/h3-9H,1-2H3. The van der Waals surface area contributed by atoms with Crippen LogP contribution in [0.4, 0.5) is 0 Å². The third-order valence-electron chi connectivity index (χ3n) is 2.30. The van der Waals surface area contributed by atoms with Gasteiger partial charge >= 0.3 is 0 Å². The fraction of sp³-hybridized carbons (Fsp3) is 0.167. The van der Waals surface area contributed by atoms with Gasteiger partial charge in [-0.2, -0.15) is 5.10 Å². The summed E-state index contributed by atoms with van der Waals surface area (Å²) in [5.74, 6) is 0. The maximum atomic E-state index is 4.17. The Kier molecular flexibility index (Phi) is 3.31. The van der Waals surface area contributed by atoms with Gasteiger partial charge in [0.1, 0.15) is 0 Å². The Hall–Kier alpha value is -1.68. The molecule has 1 aromatic carbocycles. The smallest absolute Gasteiger partial charge is 0.210 e. The van der Waals surface area contributed by atoms with Gasteiger partial charge in [0.05, 0.1) is 6.21 Å². The molecule has 0 aliphatic heterocycles. The summed E-state index contributed by atoms with van der Waals surface area (Å²) in [7, 11) is 1.99. The molecule has 2 rings (SSSR count). The molecule has 0 radical (unpaired) electrons. The molecular weight excluding hydrogens is 218 g/mol. The van der Waals surface area contributed by atoms with Crippen LogP contribution in [0.25, 0.3) is 0 Å². The van der Waals surface area contributed by atoms with E-state index >= 15 is 0 Å². The Morgan fingerprint density at radius 1 is 1.25 bits per heavy atom. The number of thiazole rings is 1. The molecule has 4 heteroatoms. The Morgan fingerprint density at radius 3 is 2.62 bits per heavy atom. The zero-order valence-corrected chi connectivity index (χ0v) is 10.1. The normalized spacial score (nSPS) is 12.5. The molecule has 0 saturated heterocycles. The van der Waals surface area contributed by atoms with E-state index < -0.39 is 0 Å². The molecule has 2 aromatic rings. The minimum absolute atomic E-state index is 0.907. The second kappa shape index (κ2) is 4.90. The van der Waals surface area contributed by atoms with Crippen LogP contribution in [0.15, 0.2) is 45.9 Å². The quantitative estimate of drug-likeness (QED) is 0.561. The Morgan fingerprint density at radius 2 is 2.00 bits per heavy atom. The van der Waals surface area contributed by atoms with Crippen molar-refractivity contribution in [1.82, 2.24) is 4.57 Å². The predicted octanol–water partition coefficient (Wildman–Crippen LogP) is 2.33. The van der Waals surface area contributed by atoms with Crippen LogP contribution in [0.2, 0.25) is 0 Å². The molecule has 0 aliphatic rings. The van der Waals surface area contributed by atoms with Crippen molar-refractivity contribution in [1.29, 1.82) is 0 Å². The zero-order valence-electron chi connectivity index (χ0n) is 9.29. The molecule has 3 nitrogen and oxygen atoms in total. The summed E-state index contributed by atoms with van der Waals surface area (Å²) in [5.41, 5.74) is 2.25. The lowest BCUT2D eigenvalue weighted by molar-refractivity contribution is 0.820. The largest absolute Gasteiger partial charge is 0.323 e. The maximum absolute atomic E-state index is 4.17. The van der Waals surface area contributed by atoms with Crippen LogP contribution < -0.4 is 4.80 Å². The Bertz CT molecular complexity index is 549. The van der Waals surface area contributed by atoms with Crippen LogP contribution in [-0.4, -0.2) is 10.8 Å². The number of aromatic nitrogens is 1. The highest BCUT2D eigenvalue weighted by atomic mass is 32.1. The number of hydrogen-bond donors (Lipinski definition) is 0. The first-order chi connectivity index (χ1) is 7.77. The van der Waals surface area contributed by atoms with Crippen molar-refractivity contribution in [3.8, 4) is 0 Å². The third-order valence-corrected chi connectivity index (χ3v) is 3.33. The number of rotatable bonds is 2. The highest BCUT2D eigenvalue weighted by molar-refractivity contribution is 7.07. The summed E-state index contributed by atoms with van der Waals surface area (Å²) in [5, 5.41) is 10.3. The monoisotopic (exact) mass is 231 g/mol. The van der Waals surface area contributed by atoms with E-state index in [9.17, 15) is 0 Å². The molecular formula is C12H13N3S. The number of benzene rings is 1. The summed E-state index contributed by atoms with van der Waals surface area (Å²) >= 11 is 1.59. The molecule has 0 spiro atoms. The van der Waals surface area contributed by atoms with E-state index in [0.29, 0.717) is 0 Å². The fourth-order valence-electron chi connectivity index (χ4n) is 1.22. The molecule has 82 valence electrons. The van der Waals surface area contributed by atoms with Gasteiger partial charge in [-0.3, -0.25) is 0 Å². The van der Waals surface area contributed by atoms with E-state index in [1.165, 1.54) is 5.69 Å². The van der Waals surface area contributed by atoms with Crippen molar-refractivity contribution < 1.29 is 0 Å². The van der Waals surface area contributed by atoms with Crippen molar-refractivity contribution >= 4 is 17.6 Å². The molecule has 0 saturated carbocycles. The van der Waals surface area contributed by atoms with Crippen molar-refractivity contribution in [3.63, 3.8) is 0 Å². The Labute approximate surface area is 98.4 Å². The van der Waals surface area contributed by atoms with E-state index in [2.05, 4.69) is 22.5 Å². The summed E-state index contributed by atoms with van der Waals surface area (Å²) in [4.78, 5) is 0.907. The average molecular weight is 231 g/mol. The van der Waals surface area contributed by atoms with Gasteiger partial charge in [-0.1, -0.05) is 30.3 Å². The number of aryl methyl sites for hydroxylation is 1. The summed E-state index contributed by atoms with van der Waals surface area (Å²) in [6.07, 6.45) is 1.76.